The summed E-state index contributed by atoms with van der Waals surface area (Å²) in [5.74, 6) is -1.06. The zero-order valence-corrected chi connectivity index (χ0v) is 11.8. The maximum absolute atomic E-state index is 11.7. The number of carboxylic acids is 1. The third kappa shape index (κ3) is 3.13. The average Bonchev–Trinajstić information content (AvgIpc) is 2.93. The van der Waals surface area contributed by atoms with Crippen LogP contribution in [-0.2, 0) is 14.3 Å². The zero-order valence-electron chi connectivity index (χ0n) is 11.8. The van der Waals surface area contributed by atoms with E-state index in [4.69, 9.17) is 9.47 Å². The van der Waals surface area contributed by atoms with Crippen molar-refractivity contribution in [2.45, 2.75) is 19.4 Å². The van der Waals surface area contributed by atoms with Crippen molar-refractivity contribution in [3.63, 3.8) is 0 Å². The van der Waals surface area contributed by atoms with Crippen molar-refractivity contribution >= 4 is 23.3 Å². The standard InChI is InChI=1S/C14H16N2O5/c1-3-21-14(19)11-8-12(13(17)18)16(15-11)9-5-4-6-10(7-9)20-2/h4-7,12H,3,8H2,1-2H3,(H,17,18)/t12-/m0/s1. The van der Waals surface area contributed by atoms with Crippen LogP contribution in [0.2, 0.25) is 0 Å². The molecule has 0 saturated carbocycles. The first-order valence-corrected chi connectivity index (χ1v) is 6.47. The number of aliphatic carboxylic acids is 1. The number of ether oxygens (including phenoxy) is 2. The predicted octanol–water partition coefficient (Wildman–Crippen LogP) is 1.28. The summed E-state index contributed by atoms with van der Waals surface area (Å²) in [7, 11) is 1.52. The van der Waals surface area contributed by atoms with Crippen LogP contribution in [0.3, 0.4) is 0 Å². The lowest BCUT2D eigenvalue weighted by Crippen LogP contribution is -2.34. The SMILES string of the molecule is CCOC(=O)C1=NN(c2cccc(OC)c2)[C@H](C(=O)O)C1. The van der Waals surface area contributed by atoms with Gasteiger partial charge < -0.3 is 14.6 Å². The fourth-order valence-corrected chi connectivity index (χ4v) is 2.03. The highest BCUT2D eigenvalue weighted by Gasteiger charge is 2.36. The number of methoxy groups -OCH3 is 1. The van der Waals surface area contributed by atoms with E-state index < -0.39 is 18.0 Å². The Labute approximate surface area is 121 Å². The smallest absolute Gasteiger partial charge is 0.354 e. The normalized spacial score (nSPS) is 17.3. The van der Waals surface area contributed by atoms with E-state index in [1.807, 2.05) is 0 Å². The van der Waals surface area contributed by atoms with Crippen LogP contribution in [0.25, 0.3) is 0 Å². The van der Waals surface area contributed by atoms with Gasteiger partial charge in [0, 0.05) is 12.5 Å². The van der Waals surface area contributed by atoms with E-state index in [-0.39, 0.29) is 18.7 Å². The molecular formula is C14H16N2O5. The summed E-state index contributed by atoms with van der Waals surface area (Å²) in [6.45, 7) is 1.90. The molecule has 0 amide bonds. The third-order valence-electron chi connectivity index (χ3n) is 3.02. The Bertz CT molecular complexity index is 584. The predicted molar refractivity (Wildman–Crippen MR) is 75.6 cm³/mol. The van der Waals surface area contributed by atoms with Gasteiger partial charge in [0.05, 0.1) is 19.4 Å². The van der Waals surface area contributed by atoms with Crippen LogP contribution in [0, 0.1) is 0 Å². The second-order valence-electron chi connectivity index (χ2n) is 4.37. The van der Waals surface area contributed by atoms with Gasteiger partial charge in [0.25, 0.3) is 0 Å². The monoisotopic (exact) mass is 292 g/mol. The number of rotatable bonds is 5. The first-order chi connectivity index (χ1) is 10.1. The van der Waals surface area contributed by atoms with Crippen molar-refractivity contribution in [1.82, 2.24) is 0 Å². The Balaban J connectivity index is 2.32. The number of carbonyl (C=O) groups excluding carboxylic acids is 1. The number of hydrogen-bond acceptors (Lipinski definition) is 6. The van der Waals surface area contributed by atoms with Gasteiger partial charge in [-0.05, 0) is 19.1 Å². The second kappa shape index (κ2) is 6.25. The molecule has 2 rings (SSSR count). The van der Waals surface area contributed by atoms with Crippen molar-refractivity contribution in [1.29, 1.82) is 0 Å². The number of hydrogen-bond donors (Lipinski definition) is 1. The summed E-state index contributed by atoms with van der Waals surface area (Å²) in [5.41, 5.74) is 0.646. The van der Waals surface area contributed by atoms with E-state index in [2.05, 4.69) is 5.10 Å². The van der Waals surface area contributed by atoms with Crippen LogP contribution in [0.15, 0.2) is 29.4 Å². The summed E-state index contributed by atoms with van der Waals surface area (Å²) in [5, 5.41) is 14.7. The summed E-state index contributed by atoms with van der Waals surface area (Å²) in [6.07, 6.45) is 0.00533. The highest BCUT2D eigenvalue weighted by atomic mass is 16.5. The number of carboxylic acid groups (broad SMARTS) is 1. The summed E-state index contributed by atoms with van der Waals surface area (Å²) in [4.78, 5) is 23.1. The number of esters is 1. The van der Waals surface area contributed by atoms with Gasteiger partial charge in [-0.3, -0.25) is 5.01 Å². The van der Waals surface area contributed by atoms with E-state index in [1.165, 1.54) is 12.1 Å². The maximum atomic E-state index is 11.7. The third-order valence-corrected chi connectivity index (χ3v) is 3.02. The summed E-state index contributed by atoms with van der Waals surface area (Å²) in [6, 6.07) is 5.90. The van der Waals surface area contributed by atoms with Gasteiger partial charge in [-0.25, -0.2) is 9.59 Å². The molecule has 1 aromatic rings. The van der Waals surface area contributed by atoms with Gasteiger partial charge >= 0.3 is 11.9 Å². The minimum absolute atomic E-state index is 0.00533. The lowest BCUT2D eigenvalue weighted by atomic mass is 10.1. The molecule has 0 fully saturated rings. The minimum atomic E-state index is -1.05. The summed E-state index contributed by atoms with van der Waals surface area (Å²) < 4.78 is 9.98. The molecule has 1 atom stereocenters. The Hall–Kier alpha value is -2.57. The van der Waals surface area contributed by atoms with Crippen LogP contribution in [-0.4, -0.2) is 42.5 Å². The molecule has 0 saturated heterocycles. The topological polar surface area (TPSA) is 88.4 Å². The largest absolute Gasteiger partial charge is 0.497 e. The van der Waals surface area contributed by atoms with Crippen LogP contribution >= 0.6 is 0 Å². The molecule has 0 aliphatic carbocycles. The lowest BCUT2D eigenvalue weighted by molar-refractivity contribution is -0.138. The van der Waals surface area contributed by atoms with Gasteiger partial charge in [-0.1, -0.05) is 6.07 Å². The molecule has 0 bridgehead atoms. The molecule has 0 unspecified atom stereocenters. The molecule has 1 aromatic carbocycles. The molecule has 7 nitrogen and oxygen atoms in total. The Kier molecular flexibility index (Phi) is 4.42. The molecule has 1 heterocycles. The van der Waals surface area contributed by atoms with Gasteiger partial charge in [-0.15, -0.1) is 0 Å². The highest BCUT2D eigenvalue weighted by Crippen LogP contribution is 2.28. The average molecular weight is 292 g/mol. The molecule has 7 heteroatoms. The highest BCUT2D eigenvalue weighted by molar-refractivity contribution is 6.38. The lowest BCUT2D eigenvalue weighted by Gasteiger charge is -2.20. The molecular weight excluding hydrogens is 276 g/mol. The number of carbonyl (C=O) groups is 2. The summed E-state index contributed by atoms with van der Waals surface area (Å²) >= 11 is 0. The second-order valence-corrected chi connectivity index (χ2v) is 4.37. The Morgan fingerprint density at radius 1 is 1.48 bits per heavy atom. The first kappa shape index (κ1) is 14.8. The molecule has 0 spiro atoms. The van der Waals surface area contributed by atoms with Gasteiger partial charge in [0.1, 0.15) is 11.5 Å². The van der Waals surface area contributed by atoms with Crippen LogP contribution < -0.4 is 9.75 Å². The fourth-order valence-electron chi connectivity index (χ4n) is 2.03. The van der Waals surface area contributed by atoms with Crippen LogP contribution in [0.1, 0.15) is 13.3 Å². The van der Waals surface area contributed by atoms with E-state index in [0.29, 0.717) is 11.4 Å². The van der Waals surface area contributed by atoms with Crippen molar-refractivity contribution in [3.8, 4) is 5.75 Å². The molecule has 1 aliphatic rings. The molecule has 0 aromatic heterocycles. The fraction of sp³-hybridized carbons (Fsp3) is 0.357. The van der Waals surface area contributed by atoms with Gasteiger partial charge in [0.15, 0.2) is 6.04 Å². The first-order valence-electron chi connectivity index (χ1n) is 6.47. The van der Waals surface area contributed by atoms with Gasteiger partial charge in [0.2, 0.25) is 0 Å². The quantitative estimate of drug-likeness (QED) is 0.822. The zero-order chi connectivity index (χ0) is 15.4. The van der Waals surface area contributed by atoms with Crippen LogP contribution in [0.4, 0.5) is 5.69 Å². The van der Waals surface area contributed by atoms with Crippen LogP contribution in [0.5, 0.6) is 5.75 Å². The van der Waals surface area contributed by atoms with Crippen molar-refractivity contribution < 1.29 is 24.2 Å². The van der Waals surface area contributed by atoms with Crippen molar-refractivity contribution in [3.05, 3.63) is 24.3 Å². The maximum Gasteiger partial charge on any atom is 0.354 e. The van der Waals surface area contributed by atoms with E-state index >= 15 is 0 Å². The molecule has 21 heavy (non-hydrogen) atoms. The van der Waals surface area contributed by atoms with E-state index in [0.717, 1.165) is 0 Å². The molecule has 1 N–H and O–H groups in total. The number of anilines is 1. The van der Waals surface area contributed by atoms with E-state index in [9.17, 15) is 14.7 Å². The number of hydrazone groups is 1. The van der Waals surface area contributed by atoms with Crippen molar-refractivity contribution in [2.24, 2.45) is 5.10 Å². The van der Waals surface area contributed by atoms with E-state index in [1.54, 1.807) is 31.2 Å². The Morgan fingerprint density at radius 2 is 2.24 bits per heavy atom. The molecule has 1 aliphatic heterocycles. The molecule has 0 radical (unpaired) electrons. The number of benzene rings is 1. The van der Waals surface area contributed by atoms with Gasteiger partial charge in [-0.2, -0.15) is 5.10 Å². The Morgan fingerprint density at radius 3 is 2.86 bits per heavy atom. The van der Waals surface area contributed by atoms with Crippen molar-refractivity contribution in [2.75, 3.05) is 18.7 Å². The molecule has 112 valence electrons. The number of nitrogens with zero attached hydrogens (tertiary/aromatic N) is 2. The minimum Gasteiger partial charge on any atom is -0.497 e.